The molecule has 1 aliphatic heterocycles. The summed E-state index contributed by atoms with van der Waals surface area (Å²) >= 11 is 0. The van der Waals surface area contributed by atoms with Gasteiger partial charge in [0, 0.05) is 6.54 Å². The van der Waals surface area contributed by atoms with Crippen molar-refractivity contribution < 1.29 is 9.53 Å². The summed E-state index contributed by atoms with van der Waals surface area (Å²) < 4.78 is 4.54. The first kappa shape index (κ1) is 9.72. The number of carbonyl (C=O) groups excluding carboxylic acids is 1. The number of hydrogen-bond donors (Lipinski definition) is 0. The smallest absolute Gasteiger partial charge is 0.323 e. The lowest BCUT2D eigenvalue weighted by Gasteiger charge is -2.34. The lowest BCUT2D eigenvalue weighted by atomic mass is 10.1. The van der Waals surface area contributed by atoms with Crippen LogP contribution in [0.15, 0.2) is 0 Å². The van der Waals surface area contributed by atoms with E-state index in [-0.39, 0.29) is 24.4 Å². The molecular formula is C6H12ClNO2. The second-order valence-corrected chi connectivity index (χ2v) is 2.31. The molecule has 1 saturated heterocycles. The summed E-state index contributed by atoms with van der Waals surface area (Å²) in [4.78, 5) is 12.7. The summed E-state index contributed by atoms with van der Waals surface area (Å²) in [5, 5.41) is 0. The van der Waals surface area contributed by atoms with E-state index in [1.165, 1.54) is 7.11 Å². The van der Waals surface area contributed by atoms with Crippen molar-refractivity contribution >= 4 is 18.4 Å². The second kappa shape index (κ2) is 3.78. The maximum absolute atomic E-state index is 10.7. The number of nitrogens with zero attached hydrogens (tertiary/aromatic N) is 1. The highest BCUT2D eigenvalue weighted by Crippen LogP contribution is 2.14. The van der Waals surface area contributed by atoms with Crippen molar-refractivity contribution in [2.45, 2.75) is 12.5 Å². The summed E-state index contributed by atoms with van der Waals surface area (Å²) in [6, 6.07) is 0.0370. The number of esters is 1. The molecule has 1 unspecified atom stereocenters. The van der Waals surface area contributed by atoms with Gasteiger partial charge < -0.3 is 4.74 Å². The maximum Gasteiger partial charge on any atom is 0.323 e. The Kier molecular flexibility index (Phi) is 3.68. The topological polar surface area (TPSA) is 29.5 Å². The number of halogens is 1. The van der Waals surface area contributed by atoms with Crippen LogP contribution in [0.4, 0.5) is 0 Å². The first-order chi connectivity index (χ1) is 4.25. The Morgan fingerprint density at radius 3 is 2.40 bits per heavy atom. The molecule has 1 heterocycles. The van der Waals surface area contributed by atoms with Crippen molar-refractivity contribution in [1.29, 1.82) is 0 Å². The zero-order valence-corrected chi connectivity index (χ0v) is 6.98. The molecule has 0 aromatic heterocycles. The van der Waals surface area contributed by atoms with Crippen molar-refractivity contribution in [3.63, 3.8) is 0 Å². The summed E-state index contributed by atoms with van der Waals surface area (Å²) in [5.74, 6) is -0.108. The fourth-order valence-electron chi connectivity index (χ4n) is 0.950. The molecule has 60 valence electrons. The van der Waals surface area contributed by atoms with Gasteiger partial charge in [0.1, 0.15) is 6.04 Å². The molecular weight excluding hydrogens is 154 g/mol. The van der Waals surface area contributed by atoms with E-state index in [4.69, 9.17) is 0 Å². The normalized spacial score (nSPS) is 24.4. The van der Waals surface area contributed by atoms with Crippen molar-refractivity contribution in [1.82, 2.24) is 4.90 Å². The summed E-state index contributed by atoms with van der Waals surface area (Å²) in [6.45, 7) is 1.01. The molecule has 0 amide bonds. The quantitative estimate of drug-likeness (QED) is 0.523. The number of ether oxygens (including phenoxy) is 1. The van der Waals surface area contributed by atoms with E-state index >= 15 is 0 Å². The van der Waals surface area contributed by atoms with Crippen LogP contribution in [-0.4, -0.2) is 37.6 Å². The summed E-state index contributed by atoms with van der Waals surface area (Å²) in [5.41, 5.74) is 0. The van der Waals surface area contributed by atoms with Gasteiger partial charge in [0.2, 0.25) is 0 Å². The largest absolute Gasteiger partial charge is 0.468 e. The third kappa shape index (κ3) is 1.61. The minimum Gasteiger partial charge on any atom is -0.468 e. The number of rotatable bonds is 1. The molecule has 0 bridgehead atoms. The van der Waals surface area contributed by atoms with Gasteiger partial charge >= 0.3 is 5.97 Å². The van der Waals surface area contributed by atoms with Crippen LogP contribution in [0.2, 0.25) is 0 Å². The maximum atomic E-state index is 10.7. The highest BCUT2D eigenvalue weighted by molar-refractivity contribution is 5.85. The molecule has 1 aliphatic rings. The van der Waals surface area contributed by atoms with Crippen molar-refractivity contribution in [3.8, 4) is 0 Å². The monoisotopic (exact) mass is 165 g/mol. The zero-order valence-electron chi connectivity index (χ0n) is 6.16. The Labute approximate surface area is 66.7 Å². The number of likely N-dealkylation sites (tertiary alicyclic amines) is 1. The van der Waals surface area contributed by atoms with Crippen LogP contribution in [0.5, 0.6) is 0 Å². The SMILES string of the molecule is COC(=O)C1CCN1C.Cl. The molecule has 0 aliphatic carbocycles. The van der Waals surface area contributed by atoms with Gasteiger partial charge in [-0.25, -0.2) is 0 Å². The minimum absolute atomic E-state index is 0. The molecule has 1 atom stereocenters. The van der Waals surface area contributed by atoms with Crippen LogP contribution in [0.1, 0.15) is 6.42 Å². The van der Waals surface area contributed by atoms with Crippen LogP contribution < -0.4 is 0 Å². The van der Waals surface area contributed by atoms with Crippen LogP contribution in [0.25, 0.3) is 0 Å². The van der Waals surface area contributed by atoms with Crippen LogP contribution in [0, 0.1) is 0 Å². The predicted octanol–water partition coefficient (Wildman–Crippen LogP) is 0.285. The van der Waals surface area contributed by atoms with Crippen LogP contribution in [0.3, 0.4) is 0 Å². The average Bonchev–Trinajstić information content (AvgIpc) is 1.84. The molecule has 0 radical (unpaired) electrons. The van der Waals surface area contributed by atoms with E-state index < -0.39 is 0 Å². The molecule has 1 rings (SSSR count). The van der Waals surface area contributed by atoms with Crippen molar-refractivity contribution in [2.24, 2.45) is 0 Å². The fraction of sp³-hybridized carbons (Fsp3) is 0.833. The highest BCUT2D eigenvalue weighted by atomic mass is 35.5. The molecule has 1 fully saturated rings. The van der Waals surface area contributed by atoms with E-state index in [1.807, 2.05) is 11.9 Å². The van der Waals surface area contributed by atoms with E-state index in [2.05, 4.69) is 4.74 Å². The first-order valence-electron chi connectivity index (χ1n) is 3.04. The Morgan fingerprint density at radius 2 is 2.30 bits per heavy atom. The molecule has 0 aromatic rings. The lowest BCUT2D eigenvalue weighted by molar-refractivity contribution is -0.150. The Morgan fingerprint density at radius 1 is 1.70 bits per heavy atom. The lowest BCUT2D eigenvalue weighted by Crippen LogP contribution is -2.50. The minimum atomic E-state index is -0.108. The highest BCUT2D eigenvalue weighted by Gasteiger charge is 2.31. The molecule has 4 heteroatoms. The van der Waals surface area contributed by atoms with Gasteiger partial charge in [0.25, 0.3) is 0 Å². The fourth-order valence-corrected chi connectivity index (χ4v) is 0.950. The van der Waals surface area contributed by atoms with Crippen molar-refractivity contribution in [3.05, 3.63) is 0 Å². The molecule has 3 nitrogen and oxygen atoms in total. The van der Waals surface area contributed by atoms with Gasteiger partial charge in [-0.15, -0.1) is 12.4 Å². The molecule has 10 heavy (non-hydrogen) atoms. The second-order valence-electron chi connectivity index (χ2n) is 2.31. The average molecular weight is 166 g/mol. The van der Waals surface area contributed by atoms with Gasteiger partial charge in [-0.1, -0.05) is 0 Å². The number of likely N-dealkylation sites (N-methyl/N-ethyl adjacent to an activating group) is 1. The van der Waals surface area contributed by atoms with Gasteiger partial charge in [0.15, 0.2) is 0 Å². The third-order valence-corrected chi connectivity index (χ3v) is 1.76. The van der Waals surface area contributed by atoms with Gasteiger partial charge in [-0.2, -0.15) is 0 Å². The zero-order chi connectivity index (χ0) is 6.85. The molecule has 0 N–H and O–H groups in total. The van der Waals surface area contributed by atoms with Gasteiger partial charge in [-0.3, -0.25) is 9.69 Å². The Hall–Kier alpha value is -0.280. The number of hydrogen-bond acceptors (Lipinski definition) is 3. The molecule has 0 spiro atoms. The summed E-state index contributed by atoms with van der Waals surface area (Å²) in [6.07, 6.45) is 0.948. The molecule has 0 aromatic carbocycles. The predicted molar refractivity (Wildman–Crippen MR) is 40.3 cm³/mol. The number of methoxy groups -OCH3 is 1. The van der Waals surface area contributed by atoms with Gasteiger partial charge in [-0.05, 0) is 13.5 Å². The molecule has 0 saturated carbocycles. The first-order valence-corrected chi connectivity index (χ1v) is 3.04. The standard InChI is InChI=1S/C6H11NO2.ClH/c1-7-4-3-5(7)6(8)9-2;/h5H,3-4H2,1-2H3;1H. The van der Waals surface area contributed by atoms with Crippen molar-refractivity contribution in [2.75, 3.05) is 20.7 Å². The van der Waals surface area contributed by atoms with E-state index in [0.717, 1.165) is 13.0 Å². The third-order valence-electron chi connectivity index (χ3n) is 1.76. The Bertz CT molecular complexity index is 129. The summed E-state index contributed by atoms with van der Waals surface area (Å²) in [7, 11) is 3.35. The van der Waals surface area contributed by atoms with E-state index in [9.17, 15) is 4.79 Å². The number of carbonyl (C=O) groups is 1. The van der Waals surface area contributed by atoms with Crippen LogP contribution >= 0.6 is 12.4 Å². The van der Waals surface area contributed by atoms with Crippen LogP contribution in [-0.2, 0) is 9.53 Å². The Balaban J connectivity index is 0.000000810. The van der Waals surface area contributed by atoms with Gasteiger partial charge in [0.05, 0.1) is 7.11 Å². The van der Waals surface area contributed by atoms with E-state index in [1.54, 1.807) is 0 Å². The van der Waals surface area contributed by atoms with E-state index in [0.29, 0.717) is 0 Å².